The molecule has 5 nitrogen and oxygen atoms in total. The van der Waals surface area contributed by atoms with Crippen molar-refractivity contribution in [3.63, 3.8) is 0 Å². The lowest BCUT2D eigenvalue weighted by molar-refractivity contribution is 0.252. The third kappa shape index (κ3) is 4.44. The number of halogens is 2. The predicted molar refractivity (Wildman–Crippen MR) is 99.5 cm³/mol. The summed E-state index contributed by atoms with van der Waals surface area (Å²) in [4.78, 5) is 11.8. The summed E-state index contributed by atoms with van der Waals surface area (Å²) in [6.07, 6.45) is 1.50. The molecule has 2 aromatic rings. The standard InChI is InChI=1S/C15H13BrIN3O2/c1-9-4-2-3-5-13(9)19-15(22)20-18-8-10-6-11(16)14(21)12(17)7-10/h2-8,21H,1H3,(H2,19,20,22)/b18-8+. The molecule has 0 spiro atoms. The first kappa shape index (κ1) is 16.8. The normalized spacial score (nSPS) is 10.7. The van der Waals surface area contributed by atoms with E-state index >= 15 is 0 Å². The average Bonchev–Trinajstić information content (AvgIpc) is 2.47. The maximum atomic E-state index is 11.8. The van der Waals surface area contributed by atoms with E-state index in [9.17, 15) is 9.90 Å². The number of hydrogen-bond acceptors (Lipinski definition) is 3. The number of anilines is 1. The Balaban J connectivity index is 1.98. The molecular formula is C15H13BrIN3O2. The minimum atomic E-state index is -0.418. The number of hydrogen-bond donors (Lipinski definition) is 3. The molecule has 0 bridgehead atoms. The number of phenols is 1. The van der Waals surface area contributed by atoms with E-state index in [4.69, 9.17) is 0 Å². The molecular weight excluding hydrogens is 461 g/mol. The molecule has 2 amide bonds. The molecule has 0 aliphatic carbocycles. The van der Waals surface area contributed by atoms with Gasteiger partial charge < -0.3 is 10.4 Å². The highest BCUT2D eigenvalue weighted by Gasteiger charge is 2.05. The van der Waals surface area contributed by atoms with E-state index in [-0.39, 0.29) is 5.75 Å². The van der Waals surface area contributed by atoms with Gasteiger partial charge in [0.1, 0.15) is 5.75 Å². The Morgan fingerprint density at radius 1 is 1.36 bits per heavy atom. The molecule has 0 unspecified atom stereocenters. The molecule has 0 fully saturated rings. The molecule has 114 valence electrons. The molecule has 0 aliphatic rings. The van der Waals surface area contributed by atoms with Gasteiger partial charge in [-0.25, -0.2) is 10.2 Å². The number of nitrogens with one attached hydrogen (secondary N) is 2. The van der Waals surface area contributed by atoms with Crippen LogP contribution in [0.15, 0.2) is 46.0 Å². The van der Waals surface area contributed by atoms with Crippen molar-refractivity contribution >= 4 is 56.5 Å². The van der Waals surface area contributed by atoms with E-state index in [1.165, 1.54) is 6.21 Å². The Morgan fingerprint density at radius 2 is 2.09 bits per heavy atom. The van der Waals surface area contributed by atoms with E-state index in [1.807, 2.05) is 53.8 Å². The van der Waals surface area contributed by atoms with Crippen molar-refractivity contribution in [2.75, 3.05) is 5.32 Å². The monoisotopic (exact) mass is 473 g/mol. The fraction of sp³-hybridized carbons (Fsp3) is 0.0667. The van der Waals surface area contributed by atoms with Crippen LogP contribution in [0.2, 0.25) is 0 Å². The molecule has 0 atom stereocenters. The molecule has 0 saturated carbocycles. The Bertz CT molecular complexity index is 711. The maximum Gasteiger partial charge on any atom is 0.339 e. The number of carbonyl (C=O) groups excluding carboxylic acids is 1. The Labute approximate surface area is 150 Å². The number of rotatable bonds is 3. The van der Waals surface area contributed by atoms with Crippen molar-refractivity contribution in [3.8, 4) is 5.75 Å². The predicted octanol–water partition coefficient (Wildman–Crippen LogP) is 4.22. The number of aromatic hydroxyl groups is 1. The lowest BCUT2D eigenvalue weighted by atomic mass is 10.2. The summed E-state index contributed by atoms with van der Waals surface area (Å²) in [5.41, 5.74) is 4.86. The molecule has 0 aliphatic heterocycles. The van der Waals surface area contributed by atoms with Crippen LogP contribution in [0, 0.1) is 10.5 Å². The van der Waals surface area contributed by atoms with Crippen molar-refractivity contribution in [2.45, 2.75) is 6.92 Å². The molecule has 7 heteroatoms. The van der Waals surface area contributed by atoms with E-state index in [0.717, 1.165) is 16.8 Å². The van der Waals surface area contributed by atoms with Crippen LogP contribution in [0.5, 0.6) is 5.75 Å². The van der Waals surface area contributed by atoms with Crippen molar-refractivity contribution < 1.29 is 9.90 Å². The van der Waals surface area contributed by atoms with Crippen molar-refractivity contribution in [2.24, 2.45) is 5.10 Å². The molecule has 0 radical (unpaired) electrons. The van der Waals surface area contributed by atoms with Gasteiger partial charge in [-0.15, -0.1) is 0 Å². The molecule has 2 rings (SSSR count). The zero-order valence-electron chi connectivity index (χ0n) is 11.6. The van der Waals surface area contributed by atoms with Crippen LogP contribution in [-0.4, -0.2) is 17.4 Å². The van der Waals surface area contributed by atoms with Crippen LogP contribution < -0.4 is 10.7 Å². The van der Waals surface area contributed by atoms with Crippen LogP contribution >= 0.6 is 38.5 Å². The number of carbonyl (C=O) groups is 1. The van der Waals surface area contributed by atoms with Gasteiger partial charge >= 0.3 is 6.03 Å². The fourth-order valence-electron chi connectivity index (χ4n) is 1.69. The number of urea groups is 1. The van der Waals surface area contributed by atoms with Gasteiger partial charge in [0, 0.05) is 5.69 Å². The maximum absolute atomic E-state index is 11.8. The Morgan fingerprint density at radius 3 is 2.77 bits per heavy atom. The van der Waals surface area contributed by atoms with Crippen molar-refractivity contribution in [1.29, 1.82) is 0 Å². The van der Waals surface area contributed by atoms with Crippen molar-refractivity contribution in [3.05, 3.63) is 55.6 Å². The highest BCUT2D eigenvalue weighted by Crippen LogP contribution is 2.29. The minimum Gasteiger partial charge on any atom is -0.506 e. The quantitative estimate of drug-likeness (QED) is 0.354. The van der Waals surface area contributed by atoms with Gasteiger partial charge in [0.2, 0.25) is 0 Å². The topological polar surface area (TPSA) is 73.7 Å². The zero-order valence-corrected chi connectivity index (χ0v) is 15.3. The second kappa shape index (κ2) is 7.59. The summed E-state index contributed by atoms with van der Waals surface area (Å²) >= 11 is 5.27. The van der Waals surface area contributed by atoms with E-state index in [2.05, 4.69) is 31.8 Å². The molecule has 0 aromatic heterocycles. The van der Waals surface area contributed by atoms with E-state index in [0.29, 0.717) is 8.04 Å². The van der Waals surface area contributed by atoms with E-state index < -0.39 is 6.03 Å². The lowest BCUT2D eigenvalue weighted by Crippen LogP contribution is -2.24. The number of hydrazone groups is 1. The number of benzene rings is 2. The summed E-state index contributed by atoms with van der Waals surface area (Å²) in [6.45, 7) is 1.91. The minimum absolute atomic E-state index is 0.183. The van der Waals surface area contributed by atoms with Gasteiger partial charge in [-0.3, -0.25) is 0 Å². The summed E-state index contributed by atoms with van der Waals surface area (Å²) in [5, 5.41) is 16.3. The highest BCUT2D eigenvalue weighted by atomic mass is 127. The number of nitrogens with zero attached hydrogens (tertiary/aromatic N) is 1. The van der Waals surface area contributed by atoms with Gasteiger partial charge in [0.15, 0.2) is 0 Å². The van der Waals surface area contributed by atoms with Gasteiger partial charge in [0.05, 0.1) is 14.3 Å². The molecule has 0 saturated heterocycles. The van der Waals surface area contributed by atoms with Crippen LogP contribution in [0.1, 0.15) is 11.1 Å². The van der Waals surface area contributed by atoms with Gasteiger partial charge in [-0.1, -0.05) is 18.2 Å². The van der Waals surface area contributed by atoms with Crippen LogP contribution in [-0.2, 0) is 0 Å². The molecule has 22 heavy (non-hydrogen) atoms. The number of phenolic OH excluding ortho intramolecular Hbond substituents is 1. The number of para-hydroxylation sites is 1. The number of aryl methyl sites for hydroxylation is 1. The number of amides is 2. The van der Waals surface area contributed by atoms with E-state index in [1.54, 1.807) is 12.1 Å². The summed E-state index contributed by atoms with van der Waals surface area (Å²) in [5.74, 6) is 0.183. The van der Waals surface area contributed by atoms with Gasteiger partial charge in [0.25, 0.3) is 0 Å². The molecule has 0 heterocycles. The third-order valence-electron chi connectivity index (χ3n) is 2.81. The van der Waals surface area contributed by atoms with Crippen molar-refractivity contribution in [1.82, 2.24) is 5.43 Å². The SMILES string of the molecule is Cc1ccccc1NC(=O)N/N=C/c1cc(Br)c(O)c(I)c1. The smallest absolute Gasteiger partial charge is 0.339 e. The summed E-state index contributed by atoms with van der Waals surface area (Å²) in [7, 11) is 0. The fourth-order valence-corrected chi connectivity index (χ4v) is 3.19. The average molecular weight is 474 g/mol. The van der Waals surface area contributed by atoms with Gasteiger partial charge in [-0.05, 0) is 74.8 Å². The zero-order chi connectivity index (χ0) is 16.1. The van der Waals surface area contributed by atoms with Crippen LogP contribution in [0.3, 0.4) is 0 Å². The third-order valence-corrected chi connectivity index (χ3v) is 4.24. The lowest BCUT2D eigenvalue weighted by Gasteiger charge is -2.07. The van der Waals surface area contributed by atoms with Crippen LogP contribution in [0.25, 0.3) is 0 Å². The first-order valence-corrected chi connectivity index (χ1v) is 8.18. The molecule has 2 aromatic carbocycles. The second-order valence-electron chi connectivity index (χ2n) is 4.47. The van der Waals surface area contributed by atoms with Crippen LogP contribution in [0.4, 0.5) is 10.5 Å². The Kier molecular flexibility index (Phi) is 5.78. The largest absolute Gasteiger partial charge is 0.506 e. The summed E-state index contributed by atoms with van der Waals surface area (Å²) in [6, 6.07) is 10.5. The highest BCUT2D eigenvalue weighted by molar-refractivity contribution is 14.1. The Hall–Kier alpha value is -1.61. The van der Waals surface area contributed by atoms with Gasteiger partial charge in [-0.2, -0.15) is 5.10 Å². The summed E-state index contributed by atoms with van der Waals surface area (Å²) < 4.78 is 1.27. The first-order valence-electron chi connectivity index (χ1n) is 6.31. The molecule has 3 N–H and O–H groups in total. The second-order valence-corrected chi connectivity index (χ2v) is 6.49. The first-order chi connectivity index (χ1) is 10.5.